The van der Waals surface area contributed by atoms with Crippen molar-refractivity contribution in [3.63, 3.8) is 0 Å². The Kier molecular flexibility index (Phi) is 4.54. The summed E-state index contributed by atoms with van der Waals surface area (Å²) in [6.45, 7) is 0. The minimum Gasteiger partial charge on any atom is -0.508 e. The first-order chi connectivity index (χ1) is 13.8. The fourth-order valence-electron chi connectivity index (χ4n) is 3.40. The van der Waals surface area contributed by atoms with Crippen molar-refractivity contribution in [1.29, 1.82) is 0 Å². The van der Waals surface area contributed by atoms with Crippen molar-refractivity contribution < 1.29 is 15.0 Å². The fourth-order valence-corrected chi connectivity index (χ4v) is 3.69. The van der Waals surface area contributed by atoms with E-state index in [1.807, 2.05) is 29.2 Å². The monoisotopic (exact) mass is 411 g/mol. The van der Waals surface area contributed by atoms with Gasteiger partial charge < -0.3 is 15.1 Å². The van der Waals surface area contributed by atoms with Crippen molar-refractivity contribution >= 4 is 41.1 Å². The summed E-state index contributed by atoms with van der Waals surface area (Å²) in [6, 6.07) is 11.8. The number of fused-ring (bicyclic) bond motifs is 1. The highest BCUT2D eigenvalue weighted by molar-refractivity contribution is 7.81. The first-order valence-corrected chi connectivity index (χ1v) is 9.44. The number of phenols is 2. The molecular formula is C20H21N5O3S. The van der Waals surface area contributed by atoms with Crippen molar-refractivity contribution in [2.75, 3.05) is 26.0 Å². The number of anilines is 1. The number of rotatable bonds is 2. The van der Waals surface area contributed by atoms with E-state index in [-0.39, 0.29) is 17.5 Å². The minimum atomic E-state index is -0.420. The van der Waals surface area contributed by atoms with Gasteiger partial charge in [-0.25, -0.2) is 4.79 Å². The van der Waals surface area contributed by atoms with Crippen LogP contribution in [0.5, 0.6) is 11.5 Å². The van der Waals surface area contributed by atoms with E-state index >= 15 is 0 Å². The number of aromatic hydroxyl groups is 2. The second kappa shape index (κ2) is 6.93. The van der Waals surface area contributed by atoms with Gasteiger partial charge in [-0.05, 0) is 30.3 Å². The van der Waals surface area contributed by atoms with E-state index in [0.717, 1.165) is 16.6 Å². The van der Waals surface area contributed by atoms with Gasteiger partial charge in [0.25, 0.3) is 0 Å². The number of phenolic OH excluding ortho intramolecular Hbond substituents is 2. The number of nitrogens with zero attached hydrogens (tertiary/aromatic N) is 5. The van der Waals surface area contributed by atoms with Crippen LogP contribution in [0.1, 0.15) is 5.56 Å². The number of benzene rings is 2. The maximum atomic E-state index is 12.5. The Labute approximate surface area is 173 Å². The van der Waals surface area contributed by atoms with Crippen LogP contribution in [-0.2, 0) is 0 Å². The molecule has 0 aliphatic carbocycles. The van der Waals surface area contributed by atoms with Crippen molar-refractivity contribution in [2.45, 2.75) is 5.50 Å². The molecule has 2 N–H and O–H groups in total. The van der Waals surface area contributed by atoms with Crippen LogP contribution in [0.4, 0.5) is 10.5 Å². The Morgan fingerprint density at radius 1 is 1.17 bits per heavy atom. The smallest absolute Gasteiger partial charge is 0.328 e. The number of hydrazone groups is 1. The third-order valence-electron chi connectivity index (χ3n) is 4.83. The highest BCUT2D eigenvalue weighted by atomic mass is 32.1. The maximum absolute atomic E-state index is 12.5. The third kappa shape index (κ3) is 3.03. The Bertz CT molecular complexity index is 1140. The zero-order valence-electron chi connectivity index (χ0n) is 16.2. The van der Waals surface area contributed by atoms with E-state index < -0.39 is 5.50 Å². The quantitative estimate of drug-likeness (QED) is 0.565. The molecule has 1 amide bonds. The van der Waals surface area contributed by atoms with Gasteiger partial charge in [-0.1, -0.05) is 6.07 Å². The topological polar surface area (TPSA) is 84.5 Å². The molecule has 0 saturated carbocycles. The van der Waals surface area contributed by atoms with E-state index in [4.69, 9.17) is 0 Å². The molecule has 1 aliphatic heterocycles. The molecule has 0 radical (unpaired) electrons. The van der Waals surface area contributed by atoms with E-state index in [2.05, 4.69) is 17.7 Å². The average Bonchev–Trinajstić information content (AvgIpc) is 3.22. The van der Waals surface area contributed by atoms with E-state index in [1.54, 1.807) is 43.0 Å². The fraction of sp³-hybridized carbons (Fsp3) is 0.200. The van der Waals surface area contributed by atoms with E-state index in [1.165, 1.54) is 17.0 Å². The summed E-state index contributed by atoms with van der Waals surface area (Å²) >= 11 is 4.69. The molecule has 4 rings (SSSR count). The lowest BCUT2D eigenvalue weighted by Gasteiger charge is -2.27. The van der Waals surface area contributed by atoms with Gasteiger partial charge in [0.1, 0.15) is 11.5 Å². The van der Waals surface area contributed by atoms with Crippen LogP contribution >= 0.6 is 12.6 Å². The Hall–Kier alpha value is -3.33. The second-order valence-electron chi connectivity index (χ2n) is 6.99. The summed E-state index contributed by atoms with van der Waals surface area (Å²) in [5.74, 6) is 0.370. The molecule has 9 heteroatoms. The summed E-state index contributed by atoms with van der Waals surface area (Å²) in [5, 5.41) is 27.1. The number of thiol groups is 1. The third-order valence-corrected chi connectivity index (χ3v) is 5.39. The summed E-state index contributed by atoms with van der Waals surface area (Å²) in [7, 11) is 5.20. The summed E-state index contributed by atoms with van der Waals surface area (Å²) < 4.78 is 1.58. The lowest BCUT2D eigenvalue weighted by atomic mass is 10.1. The number of amides is 1. The van der Waals surface area contributed by atoms with Gasteiger partial charge in [-0.3, -0.25) is 14.5 Å². The molecule has 0 fully saturated rings. The number of carbonyl (C=O) groups excluding carboxylic acids is 1. The average molecular weight is 411 g/mol. The largest absolute Gasteiger partial charge is 0.508 e. The number of hydrogen-bond acceptors (Lipinski definition) is 7. The van der Waals surface area contributed by atoms with Crippen LogP contribution in [-0.4, -0.2) is 63.2 Å². The minimum absolute atomic E-state index is 0.0337. The zero-order valence-corrected chi connectivity index (χ0v) is 17.1. The van der Waals surface area contributed by atoms with Gasteiger partial charge >= 0.3 is 6.03 Å². The predicted octanol–water partition coefficient (Wildman–Crippen LogP) is 2.91. The maximum Gasteiger partial charge on any atom is 0.328 e. The molecule has 0 bridgehead atoms. The Morgan fingerprint density at radius 3 is 2.62 bits per heavy atom. The summed E-state index contributed by atoms with van der Waals surface area (Å²) in [6.07, 6.45) is 1.73. The van der Waals surface area contributed by atoms with Gasteiger partial charge in [-0.15, -0.1) is 12.6 Å². The van der Waals surface area contributed by atoms with Crippen LogP contribution in [0.15, 0.2) is 53.8 Å². The molecule has 0 saturated heterocycles. The molecule has 2 aromatic carbocycles. The molecule has 0 spiro atoms. The van der Waals surface area contributed by atoms with Gasteiger partial charge in [0.15, 0.2) is 11.3 Å². The van der Waals surface area contributed by atoms with E-state index in [0.29, 0.717) is 11.4 Å². The highest BCUT2D eigenvalue weighted by Gasteiger charge is 2.34. The molecule has 150 valence electrons. The van der Waals surface area contributed by atoms with Gasteiger partial charge in [0.05, 0.1) is 16.8 Å². The Morgan fingerprint density at radius 2 is 1.93 bits per heavy atom. The van der Waals surface area contributed by atoms with Crippen LogP contribution in [0.2, 0.25) is 0 Å². The number of aromatic nitrogens is 1. The lowest BCUT2D eigenvalue weighted by molar-refractivity contribution is 0.220. The van der Waals surface area contributed by atoms with Crippen molar-refractivity contribution in [3.05, 3.63) is 54.2 Å². The molecular weight excluding hydrogens is 390 g/mol. The van der Waals surface area contributed by atoms with Gasteiger partial charge in [-0.2, -0.15) is 5.10 Å². The standard InChI is InChI=1S/C20H21N5O3S/c1-22(2)19(28)24-10-9-13-15(24)5-4-6-16(13)25-18(21-23(3)20(25)29)14-8-7-12(26)11-17(14)27/h4-11,20,26-27,29H,1-3H3. The Balaban J connectivity index is 1.87. The highest BCUT2D eigenvalue weighted by Crippen LogP contribution is 2.37. The molecule has 29 heavy (non-hydrogen) atoms. The molecule has 2 heterocycles. The first-order valence-electron chi connectivity index (χ1n) is 8.92. The van der Waals surface area contributed by atoms with Crippen LogP contribution in [0.25, 0.3) is 10.9 Å². The normalized spacial score (nSPS) is 16.4. The van der Waals surface area contributed by atoms with E-state index in [9.17, 15) is 15.0 Å². The molecule has 3 aromatic rings. The van der Waals surface area contributed by atoms with Crippen LogP contribution < -0.4 is 4.90 Å². The van der Waals surface area contributed by atoms with Crippen molar-refractivity contribution in [3.8, 4) is 11.5 Å². The summed E-state index contributed by atoms with van der Waals surface area (Å²) in [5.41, 5.74) is 1.60. The first kappa shape index (κ1) is 19.0. The molecule has 1 aliphatic rings. The van der Waals surface area contributed by atoms with Gasteiger partial charge in [0, 0.05) is 38.8 Å². The van der Waals surface area contributed by atoms with Crippen LogP contribution in [0.3, 0.4) is 0 Å². The van der Waals surface area contributed by atoms with Gasteiger partial charge in [0.2, 0.25) is 0 Å². The molecule has 1 atom stereocenters. The number of carbonyl (C=O) groups is 1. The SMILES string of the molecule is CN(C)C(=O)n1ccc2c(N3C(c4ccc(O)cc4O)=NN(C)C3S)cccc21. The molecule has 1 unspecified atom stereocenters. The van der Waals surface area contributed by atoms with Crippen molar-refractivity contribution in [1.82, 2.24) is 14.5 Å². The molecule has 8 nitrogen and oxygen atoms in total. The number of hydrogen-bond donors (Lipinski definition) is 3. The predicted molar refractivity (Wildman–Crippen MR) is 116 cm³/mol. The number of amidine groups is 1. The van der Waals surface area contributed by atoms with Crippen LogP contribution in [0, 0.1) is 0 Å². The van der Waals surface area contributed by atoms with Crippen molar-refractivity contribution in [2.24, 2.45) is 5.10 Å². The second-order valence-corrected chi connectivity index (χ2v) is 7.45. The molecule has 1 aromatic heterocycles. The zero-order chi connectivity index (χ0) is 20.9. The summed E-state index contributed by atoms with van der Waals surface area (Å²) in [4.78, 5) is 15.9. The lowest BCUT2D eigenvalue weighted by Crippen LogP contribution is -2.37.